The lowest BCUT2D eigenvalue weighted by Gasteiger charge is -2.08. The van der Waals surface area contributed by atoms with Crippen LogP contribution in [0.15, 0.2) is 84.0 Å². The Kier molecular flexibility index (Phi) is 5.97. The van der Waals surface area contributed by atoms with Crippen molar-refractivity contribution < 1.29 is 17.9 Å². The quantitative estimate of drug-likeness (QED) is 0.418. The fraction of sp³-hybridized carbons (Fsp3) is 0.0909. The van der Waals surface area contributed by atoms with Crippen LogP contribution in [0.2, 0.25) is 0 Å². The summed E-state index contributed by atoms with van der Waals surface area (Å²) in [6.07, 6.45) is 1.12. The molecule has 3 aromatic carbocycles. The number of amides is 1. The Hall–Kier alpha value is -3.30. The number of benzene rings is 3. The van der Waals surface area contributed by atoms with Gasteiger partial charge in [-0.1, -0.05) is 42.1 Å². The van der Waals surface area contributed by atoms with Crippen LogP contribution in [0.3, 0.4) is 0 Å². The molecule has 0 bridgehead atoms. The number of aromatic nitrogens is 2. The molecule has 0 atom stereocenters. The maximum atomic E-state index is 12.4. The Bertz CT molecular complexity index is 1320. The molecule has 0 unspecified atom stereocenters. The van der Waals surface area contributed by atoms with Crippen molar-refractivity contribution in [3.8, 4) is 11.5 Å². The molecule has 0 saturated carbocycles. The van der Waals surface area contributed by atoms with Crippen LogP contribution in [0.4, 0.5) is 5.69 Å². The normalized spacial score (nSPS) is 11.4. The smallest absolute Gasteiger partial charge is 0.238 e. The topological polar surface area (TPSA) is 90.3 Å². The molecule has 0 fully saturated rings. The number of fused-ring (bicyclic) bond motifs is 1. The second-order valence-corrected chi connectivity index (χ2v) is 9.46. The number of carbonyl (C=O) groups excluding carboxylic acids is 1. The molecule has 1 aromatic heterocycles. The van der Waals surface area contributed by atoms with E-state index in [0.717, 1.165) is 27.7 Å². The predicted octanol–water partition coefficient (Wildman–Crippen LogP) is 4.37. The van der Waals surface area contributed by atoms with Crippen LogP contribution in [0.5, 0.6) is 11.5 Å². The number of imidazole rings is 1. The number of anilines is 1. The van der Waals surface area contributed by atoms with E-state index in [2.05, 4.69) is 10.3 Å². The highest BCUT2D eigenvalue weighted by atomic mass is 32.2. The van der Waals surface area contributed by atoms with E-state index in [9.17, 15) is 13.2 Å². The van der Waals surface area contributed by atoms with E-state index in [1.54, 1.807) is 48.5 Å². The van der Waals surface area contributed by atoms with Gasteiger partial charge in [0.15, 0.2) is 5.16 Å². The van der Waals surface area contributed by atoms with Gasteiger partial charge in [0.2, 0.25) is 15.9 Å². The highest BCUT2D eigenvalue weighted by Gasteiger charge is 2.19. The number of rotatable bonds is 7. The lowest BCUT2D eigenvalue weighted by molar-refractivity contribution is -0.113. The highest BCUT2D eigenvalue weighted by Crippen LogP contribution is 2.26. The van der Waals surface area contributed by atoms with Crippen LogP contribution >= 0.6 is 11.8 Å². The molecule has 7 nitrogen and oxygen atoms in total. The van der Waals surface area contributed by atoms with Crippen molar-refractivity contribution >= 4 is 44.4 Å². The maximum absolute atomic E-state index is 12.4. The summed E-state index contributed by atoms with van der Waals surface area (Å²) in [7, 11) is -3.57. The van der Waals surface area contributed by atoms with Crippen molar-refractivity contribution in [1.82, 2.24) is 8.96 Å². The van der Waals surface area contributed by atoms with Crippen molar-refractivity contribution in [2.45, 2.75) is 5.16 Å². The lowest BCUT2D eigenvalue weighted by Crippen LogP contribution is -2.16. The summed E-state index contributed by atoms with van der Waals surface area (Å²) in [5, 5.41) is 3.05. The molecule has 0 radical (unpaired) electrons. The number of nitrogens with zero attached hydrogens (tertiary/aromatic N) is 2. The van der Waals surface area contributed by atoms with Gasteiger partial charge in [-0.15, -0.1) is 0 Å². The largest absolute Gasteiger partial charge is 0.457 e. The van der Waals surface area contributed by atoms with Gasteiger partial charge in [0.25, 0.3) is 0 Å². The average Bonchev–Trinajstić information content (AvgIpc) is 3.13. The zero-order chi connectivity index (χ0) is 21.8. The molecule has 4 aromatic rings. The molecule has 4 rings (SSSR count). The Morgan fingerprint density at radius 1 is 0.968 bits per heavy atom. The van der Waals surface area contributed by atoms with E-state index < -0.39 is 10.0 Å². The van der Waals surface area contributed by atoms with Gasteiger partial charge in [-0.2, -0.15) is 0 Å². The third-order valence-electron chi connectivity index (χ3n) is 4.27. The van der Waals surface area contributed by atoms with Crippen LogP contribution < -0.4 is 10.1 Å². The number of thioether (sulfide) groups is 1. The number of ether oxygens (including phenoxy) is 1. The number of para-hydroxylation sites is 3. The van der Waals surface area contributed by atoms with E-state index in [0.29, 0.717) is 22.5 Å². The van der Waals surface area contributed by atoms with Crippen molar-refractivity contribution in [3.63, 3.8) is 0 Å². The second kappa shape index (κ2) is 8.83. The van der Waals surface area contributed by atoms with Crippen molar-refractivity contribution in [2.24, 2.45) is 0 Å². The zero-order valence-electron chi connectivity index (χ0n) is 16.6. The van der Waals surface area contributed by atoms with Gasteiger partial charge in [-0.25, -0.2) is 17.4 Å². The van der Waals surface area contributed by atoms with Crippen molar-refractivity contribution in [2.75, 3.05) is 17.3 Å². The van der Waals surface area contributed by atoms with Gasteiger partial charge in [-0.05, 0) is 48.5 Å². The van der Waals surface area contributed by atoms with Gasteiger partial charge in [0.05, 0.1) is 23.0 Å². The molecule has 1 heterocycles. The average molecular weight is 454 g/mol. The fourth-order valence-electron chi connectivity index (χ4n) is 2.95. The van der Waals surface area contributed by atoms with Gasteiger partial charge in [0, 0.05) is 5.69 Å². The molecule has 158 valence electrons. The zero-order valence-corrected chi connectivity index (χ0v) is 18.2. The maximum Gasteiger partial charge on any atom is 0.238 e. The van der Waals surface area contributed by atoms with Crippen molar-refractivity contribution in [1.29, 1.82) is 0 Å². The van der Waals surface area contributed by atoms with Gasteiger partial charge in [-0.3, -0.25) is 4.79 Å². The summed E-state index contributed by atoms with van der Waals surface area (Å²) in [5.74, 6) is 1.12. The molecule has 0 aliphatic heterocycles. The first kappa shape index (κ1) is 21.0. The molecule has 0 spiro atoms. The van der Waals surface area contributed by atoms with Crippen LogP contribution in [-0.2, 0) is 14.8 Å². The minimum atomic E-state index is -3.57. The summed E-state index contributed by atoms with van der Waals surface area (Å²) in [4.78, 5) is 16.7. The highest BCUT2D eigenvalue weighted by molar-refractivity contribution is 8.00. The van der Waals surface area contributed by atoms with Crippen LogP contribution in [0.25, 0.3) is 11.0 Å². The van der Waals surface area contributed by atoms with Gasteiger partial charge < -0.3 is 10.1 Å². The minimum Gasteiger partial charge on any atom is -0.457 e. The lowest BCUT2D eigenvalue weighted by atomic mass is 10.3. The summed E-state index contributed by atoms with van der Waals surface area (Å²) in [6.45, 7) is 0. The van der Waals surface area contributed by atoms with Crippen LogP contribution in [0, 0.1) is 0 Å². The minimum absolute atomic E-state index is 0.0150. The van der Waals surface area contributed by atoms with Crippen molar-refractivity contribution in [3.05, 3.63) is 78.9 Å². The molecule has 0 aliphatic rings. The monoisotopic (exact) mass is 453 g/mol. The molecule has 1 amide bonds. The van der Waals surface area contributed by atoms with E-state index in [-0.39, 0.29) is 16.8 Å². The Labute approximate surface area is 184 Å². The standard InChI is InChI=1S/C22H19N3O4S2/c1-31(27,28)25-20-10-6-5-9-19(20)24-22(25)30-15-21(26)23-16-11-13-18(14-12-16)29-17-7-3-2-4-8-17/h2-14H,15H2,1H3,(H,23,26). The third kappa shape index (κ3) is 5.07. The van der Waals surface area contributed by atoms with Crippen LogP contribution in [0.1, 0.15) is 0 Å². The first-order valence-corrected chi connectivity index (χ1v) is 12.2. The van der Waals surface area contributed by atoms with Gasteiger partial charge in [0.1, 0.15) is 11.5 Å². The summed E-state index contributed by atoms with van der Waals surface area (Å²) in [6, 6.07) is 23.4. The Balaban J connectivity index is 1.41. The molecule has 31 heavy (non-hydrogen) atoms. The Morgan fingerprint density at radius 2 is 1.61 bits per heavy atom. The first-order chi connectivity index (χ1) is 14.9. The van der Waals surface area contributed by atoms with E-state index in [1.807, 2.05) is 30.3 Å². The van der Waals surface area contributed by atoms with E-state index >= 15 is 0 Å². The van der Waals surface area contributed by atoms with E-state index in [1.165, 1.54) is 0 Å². The number of hydrogen-bond donors (Lipinski definition) is 1. The number of carbonyl (C=O) groups is 1. The number of hydrogen-bond acceptors (Lipinski definition) is 6. The predicted molar refractivity (Wildman–Crippen MR) is 122 cm³/mol. The third-order valence-corrected chi connectivity index (χ3v) is 6.36. The Morgan fingerprint density at radius 3 is 2.32 bits per heavy atom. The summed E-state index contributed by atoms with van der Waals surface area (Å²) in [5.41, 5.74) is 1.66. The van der Waals surface area contributed by atoms with Crippen LogP contribution in [-0.4, -0.2) is 35.3 Å². The molecule has 1 N–H and O–H groups in total. The fourth-order valence-corrected chi connectivity index (χ4v) is 5.06. The molecular weight excluding hydrogens is 434 g/mol. The number of nitrogens with one attached hydrogen (secondary N) is 1. The molecule has 9 heteroatoms. The summed E-state index contributed by atoms with van der Waals surface area (Å²) < 4.78 is 31.3. The molecular formula is C22H19N3O4S2. The molecule has 0 aliphatic carbocycles. The first-order valence-electron chi connectivity index (χ1n) is 9.34. The van der Waals surface area contributed by atoms with Gasteiger partial charge >= 0.3 is 0 Å². The van der Waals surface area contributed by atoms with E-state index in [4.69, 9.17) is 4.74 Å². The molecule has 0 saturated heterocycles. The second-order valence-electron chi connectivity index (χ2n) is 6.69. The SMILES string of the molecule is CS(=O)(=O)n1c(SCC(=O)Nc2ccc(Oc3ccccc3)cc2)nc2ccccc21. The summed E-state index contributed by atoms with van der Waals surface area (Å²) >= 11 is 1.07.